The molecule has 0 amide bonds. The van der Waals surface area contributed by atoms with Crippen LogP contribution in [0.25, 0.3) is 0 Å². The number of rotatable bonds is 3. The standard InChI is InChI=1S/C15H20O/c16-15(11-5-1-2-6-11)10-13-9-12-7-3-4-8-14(12)13/h3-4,7-8,11,13,15-16H,1-2,5-6,9-10H2. The average molecular weight is 216 g/mol. The first-order valence-corrected chi connectivity index (χ1v) is 6.60. The molecular formula is C15H20O. The molecule has 0 aromatic heterocycles. The first-order valence-electron chi connectivity index (χ1n) is 6.60. The maximum Gasteiger partial charge on any atom is 0.0574 e. The second-order valence-electron chi connectivity index (χ2n) is 5.45. The molecule has 0 saturated heterocycles. The van der Waals surface area contributed by atoms with Crippen molar-refractivity contribution in [3.8, 4) is 0 Å². The van der Waals surface area contributed by atoms with Gasteiger partial charge < -0.3 is 5.11 Å². The summed E-state index contributed by atoms with van der Waals surface area (Å²) < 4.78 is 0. The van der Waals surface area contributed by atoms with Crippen LogP contribution < -0.4 is 0 Å². The highest BCUT2D eigenvalue weighted by Crippen LogP contribution is 2.40. The minimum atomic E-state index is -0.0548. The quantitative estimate of drug-likeness (QED) is 0.822. The summed E-state index contributed by atoms with van der Waals surface area (Å²) in [4.78, 5) is 0. The molecule has 0 heterocycles. The summed E-state index contributed by atoms with van der Waals surface area (Å²) >= 11 is 0. The zero-order chi connectivity index (χ0) is 11.0. The molecule has 1 N–H and O–H groups in total. The molecule has 86 valence electrons. The van der Waals surface area contributed by atoms with E-state index in [1.54, 1.807) is 0 Å². The van der Waals surface area contributed by atoms with Crippen molar-refractivity contribution in [1.82, 2.24) is 0 Å². The highest BCUT2D eigenvalue weighted by molar-refractivity contribution is 5.39. The lowest BCUT2D eigenvalue weighted by molar-refractivity contribution is 0.0916. The van der Waals surface area contributed by atoms with Gasteiger partial charge >= 0.3 is 0 Å². The van der Waals surface area contributed by atoms with Gasteiger partial charge in [0.25, 0.3) is 0 Å². The highest BCUT2D eigenvalue weighted by Gasteiger charge is 2.31. The molecule has 0 spiro atoms. The van der Waals surface area contributed by atoms with Gasteiger partial charge in [-0.3, -0.25) is 0 Å². The van der Waals surface area contributed by atoms with Crippen molar-refractivity contribution in [1.29, 1.82) is 0 Å². The van der Waals surface area contributed by atoms with Gasteiger partial charge in [0.2, 0.25) is 0 Å². The number of aliphatic hydroxyl groups excluding tert-OH is 1. The summed E-state index contributed by atoms with van der Waals surface area (Å²) in [5.74, 6) is 1.22. The summed E-state index contributed by atoms with van der Waals surface area (Å²) in [6, 6.07) is 8.67. The molecule has 1 aromatic carbocycles. The van der Waals surface area contributed by atoms with Gasteiger partial charge in [-0.2, -0.15) is 0 Å². The predicted molar refractivity (Wildman–Crippen MR) is 65.5 cm³/mol. The molecule has 1 nitrogen and oxygen atoms in total. The van der Waals surface area contributed by atoms with E-state index in [4.69, 9.17) is 0 Å². The third-order valence-corrected chi connectivity index (χ3v) is 4.43. The summed E-state index contributed by atoms with van der Waals surface area (Å²) in [7, 11) is 0. The minimum absolute atomic E-state index is 0.0548. The Hall–Kier alpha value is -0.820. The molecule has 2 unspecified atom stereocenters. The molecule has 1 heteroatoms. The average Bonchev–Trinajstić information content (AvgIpc) is 2.79. The van der Waals surface area contributed by atoms with E-state index in [1.165, 1.54) is 43.2 Å². The normalized spacial score (nSPS) is 26.2. The number of benzene rings is 1. The maximum absolute atomic E-state index is 10.2. The molecule has 2 aliphatic carbocycles. The van der Waals surface area contributed by atoms with Crippen LogP contribution in [0.15, 0.2) is 24.3 Å². The van der Waals surface area contributed by atoms with E-state index >= 15 is 0 Å². The van der Waals surface area contributed by atoms with Gasteiger partial charge in [-0.05, 0) is 48.6 Å². The van der Waals surface area contributed by atoms with Crippen LogP contribution >= 0.6 is 0 Å². The van der Waals surface area contributed by atoms with E-state index in [-0.39, 0.29) is 6.10 Å². The summed E-state index contributed by atoms with van der Waals surface area (Å²) in [6.45, 7) is 0. The van der Waals surface area contributed by atoms with Crippen LogP contribution in [0.3, 0.4) is 0 Å². The van der Waals surface area contributed by atoms with Crippen LogP contribution in [0.1, 0.15) is 49.1 Å². The molecule has 1 aromatic rings. The Labute approximate surface area is 97.5 Å². The van der Waals surface area contributed by atoms with Crippen LogP contribution in [0.4, 0.5) is 0 Å². The Bertz CT molecular complexity index is 365. The fourth-order valence-electron chi connectivity index (χ4n) is 3.40. The number of fused-ring (bicyclic) bond motifs is 1. The lowest BCUT2D eigenvalue weighted by atomic mass is 9.73. The third kappa shape index (κ3) is 1.78. The van der Waals surface area contributed by atoms with Gasteiger partial charge in [0, 0.05) is 0 Å². The van der Waals surface area contributed by atoms with Crippen LogP contribution in [-0.4, -0.2) is 11.2 Å². The lowest BCUT2D eigenvalue weighted by Gasteiger charge is -2.33. The van der Waals surface area contributed by atoms with Crippen molar-refractivity contribution >= 4 is 0 Å². The van der Waals surface area contributed by atoms with Gasteiger partial charge in [-0.1, -0.05) is 37.1 Å². The van der Waals surface area contributed by atoms with Crippen molar-refractivity contribution in [3.05, 3.63) is 35.4 Å². The number of hydrogen-bond acceptors (Lipinski definition) is 1. The highest BCUT2D eigenvalue weighted by atomic mass is 16.3. The molecule has 1 saturated carbocycles. The smallest absolute Gasteiger partial charge is 0.0574 e. The zero-order valence-corrected chi connectivity index (χ0v) is 9.73. The first-order chi connectivity index (χ1) is 7.84. The molecule has 0 aliphatic heterocycles. The van der Waals surface area contributed by atoms with Gasteiger partial charge in [-0.15, -0.1) is 0 Å². The Morgan fingerprint density at radius 3 is 2.69 bits per heavy atom. The van der Waals surface area contributed by atoms with E-state index < -0.39 is 0 Å². The van der Waals surface area contributed by atoms with Crippen LogP contribution in [-0.2, 0) is 6.42 Å². The van der Waals surface area contributed by atoms with Crippen molar-refractivity contribution < 1.29 is 5.11 Å². The number of hydrogen-bond donors (Lipinski definition) is 1. The molecule has 2 atom stereocenters. The summed E-state index contributed by atoms with van der Waals surface area (Å²) in [5.41, 5.74) is 2.98. The Morgan fingerprint density at radius 1 is 1.19 bits per heavy atom. The molecular weight excluding hydrogens is 196 g/mol. The number of aliphatic hydroxyl groups is 1. The molecule has 0 radical (unpaired) electrons. The van der Waals surface area contributed by atoms with E-state index in [9.17, 15) is 5.11 Å². The monoisotopic (exact) mass is 216 g/mol. The van der Waals surface area contributed by atoms with Gasteiger partial charge in [0.15, 0.2) is 0 Å². The Balaban J connectivity index is 1.61. The first kappa shape index (κ1) is 10.3. The van der Waals surface area contributed by atoms with Crippen LogP contribution in [0, 0.1) is 5.92 Å². The van der Waals surface area contributed by atoms with E-state index in [0.717, 1.165) is 6.42 Å². The largest absolute Gasteiger partial charge is 0.393 e. The molecule has 16 heavy (non-hydrogen) atoms. The van der Waals surface area contributed by atoms with Gasteiger partial charge in [0.1, 0.15) is 0 Å². The topological polar surface area (TPSA) is 20.2 Å². The van der Waals surface area contributed by atoms with Crippen molar-refractivity contribution in [3.63, 3.8) is 0 Å². The van der Waals surface area contributed by atoms with Crippen LogP contribution in [0.2, 0.25) is 0 Å². The Morgan fingerprint density at radius 2 is 1.94 bits per heavy atom. The van der Waals surface area contributed by atoms with Crippen molar-refractivity contribution in [2.75, 3.05) is 0 Å². The van der Waals surface area contributed by atoms with Crippen molar-refractivity contribution in [2.24, 2.45) is 5.92 Å². The molecule has 1 fully saturated rings. The van der Waals surface area contributed by atoms with Crippen LogP contribution in [0.5, 0.6) is 0 Å². The minimum Gasteiger partial charge on any atom is -0.393 e. The Kier molecular flexibility index (Phi) is 2.72. The third-order valence-electron chi connectivity index (χ3n) is 4.43. The second-order valence-corrected chi connectivity index (χ2v) is 5.45. The van der Waals surface area contributed by atoms with E-state index in [1.807, 2.05) is 0 Å². The SMILES string of the molecule is OC(CC1Cc2ccccc21)C1CCCC1. The molecule has 2 aliphatic rings. The predicted octanol–water partition coefficient (Wildman–Crippen LogP) is 3.27. The summed E-state index contributed by atoms with van der Waals surface area (Å²) in [5, 5.41) is 10.2. The molecule has 0 bridgehead atoms. The fourth-order valence-corrected chi connectivity index (χ4v) is 3.40. The summed E-state index contributed by atoms with van der Waals surface area (Å²) in [6.07, 6.45) is 7.25. The maximum atomic E-state index is 10.2. The zero-order valence-electron chi connectivity index (χ0n) is 9.73. The van der Waals surface area contributed by atoms with Gasteiger partial charge in [-0.25, -0.2) is 0 Å². The van der Waals surface area contributed by atoms with Crippen molar-refractivity contribution in [2.45, 2.75) is 50.5 Å². The second kappa shape index (κ2) is 4.21. The lowest BCUT2D eigenvalue weighted by Crippen LogP contribution is -2.26. The fraction of sp³-hybridized carbons (Fsp3) is 0.600. The van der Waals surface area contributed by atoms with Gasteiger partial charge in [0.05, 0.1) is 6.10 Å². The van der Waals surface area contributed by atoms with E-state index in [2.05, 4.69) is 24.3 Å². The van der Waals surface area contributed by atoms with E-state index in [0.29, 0.717) is 11.8 Å². The molecule has 3 rings (SSSR count).